The summed E-state index contributed by atoms with van der Waals surface area (Å²) in [6.07, 6.45) is 1.75. The number of hydrogen-bond acceptors (Lipinski definition) is 1. The lowest BCUT2D eigenvalue weighted by Crippen LogP contribution is -1.98. The van der Waals surface area contributed by atoms with Gasteiger partial charge in [-0.3, -0.25) is 4.79 Å². The van der Waals surface area contributed by atoms with Gasteiger partial charge in [0.2, 0.25) is 0 Å². The number of halogens is 3. The highest BCUT2D eigenvalue weighted by Gasteiger charge is 2.13. The SMILES string of the molecule is O=C(Cl)c1cn(Cc2ccc(Cl)cc2Cl)c2ccccc12. The molecule has 0 aliphatic carbocycles. The Kier molecular flexibility index (Phi) is 3.94. The summed E-state index contributed by atoms with van der Waals surface area (Å²) in [5, 5.41) is 1.56. The molecule has 0 bridgehead atoms. The maximum absolute atomic E-state index is 11.5. The zero-order valence-electron chi connectivity index (χ0n) is 10.8. The second-order valence-corrected chi connectivity index (χ2v) is 5.88. The van der Waals surface area contributed by atoms with Crippen molar-refractivity contribution in [1.29, 1.82) is 0 Å². The van der Waals surface area contributed by atoms with E-state index in [-0.39, 0.29) is 0 Å². The van der Waals surface area contributed by atoms with Gasteiger partial charge in [0.05, 0.1) is 5.56 Å². The molecule has 0 aliphatic rings. The summed E-state index contributed by atoms with van der Waals surface area (Å²) in [6, 6.07) is 13.0. The van der Waals surface area contributed by atoms with Gasteiger partial charge in [-0.2, -0.15) is 0 Å². The van der Waals surface area contributed by atoms with Gasteiger partial charge in [-0.15, -0.1) is 0 Å². The summed E-state index contributed by atoms with van der Waals surface area (Å²) in [7, 11) is 0. The van der Waals surface area contributed by atoms with Crippen LogP contribution in [-0.2, 0) is 6.54 Å². The Hall–Kier alpha value is -1.48. The van der Waals surface area contributed by atoms with Crippen LogP contribution in [-0.4, -0.2) is 9.81 Å². The number of aromatic nitrogens is 1. The summed E-state index contributed by atoms with van der Waals surface area (Å²) < 4.78 is 1.96. The monoisotopic (exact) mass is 337 g/mol. The van der Waals surface area contributed by atoms with Crippen molar-refractivity contribution in [1.82, 2.24) is 4.57 Å². The fraction of sp³-hybridized carbons (Fsp3) is 0.0625. The minimum atomic E-state index is -0.466. The molecule has 0 aliphatic heterocycles. The molecule has 0 spiro atoms. The lowest BCUT2D eigenvalue weighted by Gasteiger charge is -2.08. The quantitative estimate of drug-likeness (QED) is 0.588. The lowest BCUT2D eigenvalue weighted by molar-refractivity contribution is 0.108. The minimum absolute atomic E-state index is 0.466. The number of nitrogens with zero attached hydrogens (tertiary/aromatic N) is 1. The molecule has 1 aromatic heterocycles. The normalized spacial score (nSPS) is 11.0. The predicted octanol–water partition coefficient (Wildman–Crippen LogP) is 5.38. The fourth-order valence-electron chi connectivity index (χ4n) is 2.37. The second kappa shape index (κ2) is 5.72. The number of fused-ring (bicyclic) bond motifs is 1. The van der Waals surface area contributed by atoms with Gasteiger partial charge >= 0.3 is 0 Å². The van der Waals surface area contributed by atoms with Crippen LogP contribution in [0.3, 0.4) is 0 Å². The first kappa shape index (κ1) is 14.5. The third-order valence-electron chi connectivity index (χ3n) is 3.36. The van der Waals surface area contributed by atoms with Gasteiger partial charge in [0.15, 0.2) is 0 Å². The molecule has 0 saturated heterocycles. The molecule has 3 aromatic rings. The highest BCUT2D eigenvalue weighted by molar-refractivity contribution is 6.68. The second-order valence-electron chi connectivity index (χ2n) is 4.70. The molecular weight excluding hydrogens is 329 g/mol. The van der Waals surface area contributed by atoms with Gasteiger partial charge in [0, 0.05) is 33.7 Å². The summed E-state index contributed by atoms with van der Waals surface area (Å²) >= 11 is 17.8. The molecule has 21 heavy (non-hydrogen) atoms. The van der Waals surface area contributed by atoms with Gasteiger partial charge in [0.1, 0.15) is 0 Å². The zero-order chi connectivity index (χ0) is 15.0. The molecule has 0 N–H and O–H groups in total. The molecule has 2 nitrogen and oxygen atoms in total. The van der Waals surface area contributed by atoms with Crippen molar-refractivity contribution >= 4 is 50.9 Å². The van der Waals surface area contributed by atoms with E-state index < -0.39 is 5.24 Å². The Morgan fingerprint density at radius 1 is 1.10 bits per heavy atom. The van der Waals surface area contributed by atoms with E-state index in [0.717, 1.165) is 16.5 Å². The van der Waals surface area contributed by atoms with Crippen LogP contribution in [0.2, 0.25) is 10.0 Å². The van der Waals surface area contributed by atoms with Crippen molar-refractivity contribution in [2.45, 2.75) is 6.54 Å². The Morgan fingerprint density at radius 2 is 1.86 bits per heavy atom. The van der Waals surface area contributed by atoms with Gasteiger partial charge in [-0.1, -0.05) is 47.5 Å². The maximum Gasteiger partial charge on any atom is 0.254 e. The van der Waals surface area contributed by atoms with Crippen molar-refractivity contribution < 1.29 is 4.79 Å². The van der Waals surface area contributed by atoms with Crippen molar-refractivity contribution in [3.8, 4) is 0 Å². The van der Waals surface area contributed by atoms with E-state index in [0.29, 0.717) is 22.2 Å². The van der Waals surface area contributed by atoms with Crippen molar-refractivity contribution in [2.24, 2.45) is 0 Å². The smallest absolute Gasteiger partial charge is 0.254 e. The first-order valence-corrected chi connectivity index (χ1v) is 7.41. The maximum atomic E-state index is 11.5. The predicted molar refractivity (Wildman–Crippen MR) is 87.7 cm³/mol. The summed E-state index contributed by atoms with van der Waals surface area (Å²) in [5.74, 6) is 0. The number of benzene rings is 2. The molecule has 0 unspecified atom stereocenters. The standard InChI is InChI=1S/C16H10Cl3NO/c17-11-6-5-10(14(18)7-11)8-20-9-13(16(19)21)12-3-1-2-4-15(12)20/h1-7,9H,8H2. The average Bonchev–Trinajstić information content (AvgIpc) is 2.81. The molecule has 0 fully saturated rings. The topological polar surface area (TPSA) is 22.0 Å². The highest BCUT2D eigenvalue weighted by atomic mass is 35.5. The molecular formula is C16H10Cl3NO. The summed E-state index contributed by atoms with van der Waals surface area (Å²) in [4.78, 5) is 11.5. The van der Waals surface area contributed by atoms with E-state index in [9.17, 15) is 4.79 Å². The molecule has 1 heterocycles. The van der Waals surface area contributed by atoms with E-state index in [1.54, 1.807) is 18.3 Å². The van der Waals surface area contributed by atoms with Crippen LogP contribution in [0.4, 0.5) is 0 Å². The van der Waals surface area contributed by atoms with E-state index in [2.05, 4.69) is 0 Å². The fourth-order valence-corrected chi connectivity index (χ4v) is 2.99. The first-order chi connectivity index (χ1) is 10.1. The Bertz CT molecular complexity index is 839. The van der Waals surface area contributed by atoms with Crippen molar-refractivity contribution in [2.75, 3.05) is 0 Å². The van der Waals surface area contributed by atoms with Gasteiger partial charge in [-0.05, 0) is 35.4 Å². The molecule has 0 saturated carbocycles. The van der Waals surface area contributed by atoms with E-state index >= 15 is 0 Å². The van der Waals surface area contributed by atoms with Crippen LogP contribution in [0, 0.1) is 0 Å². The largest absolute Gasteiger partial charge is 0.342 e. The van der Waals surface area contributed by atoms with Crippen LogP contribution in [0.15, 0.2) is 48.7 Å². The van der Waals surface area contributed by atoms with Crippen LogP contribution in [0.25, 0.3) is 10.9 Å². The van der Waals surface area contributed by atoms with Crippen molar-refractivity contribution in [3.63, 3.8) is 0 Å². The van der Waals surface area contributed by atoms with Crippen LogP contribution in [0.1, 0.15) is 15.9 Å². The number of para-hydroxylation sites is 1. The van der Waals surface area contributed by atoms with Gasteiger partial charge < -0.3 is 4.57 Å². The Balaban J connectivity index is 2.10. The van der Waals surface area contributed by atoms with E-state index in [4.69, 9.17) is 34.8 Å². The van der Waals surface area contributed by atoms with E-state index in [1.807, 2.05) is 34.9 Å². The molecule has 3 rings (SSSR count). The first-order valence-electron chi connectivity index (χ1n) is 6.28. The average molecular weight is 339 g/mol. The molecule has 106 valence electrons. The molecule has 0 atom stereocenters. The molecule has 5 heteroatoms. The Morgan fingerprint density at radius 3 is 2.57 bits per heavy atom. The highest BCUT2D eigenvalue weighted by Crippen LogP contribution is 2.26. The minimum Gasteiger partial charge on any atom is -0.342 e. The van der Waals surface area contributed by atoms with Crippen LogP contribution >= 0.6 is 34.8 Å². The van der Waals surface area contributed by atoms with E-state index in [1.165, 1.54) is 0 Å². The lowest BCUT2D eigenvalue weighted by atomic mass is 10.2. The number of carbonyl (C=O) groups excluding carboxylic acids is 1. The van der Waals surface area contributed by atoms with Crippen LogP contribution < -0.4 is 0 Å². The number of rotatable bonds is 3. The third kappa shape index (κ3) is 2.80. The molecule has 0 radical (unpaired) electrons. The van der Waals surface area contributed by atoms with Crippen molar-refractivity contribution in [3.05, 3.63) is 69.8 Å². The Labute approximate surface area is 136 Å². The summed E-state index contributed by atoms with van der Waals surface area (Å²) in [6.45, 7) is 0.542. The zero-order valence-corrected chi connectivity index (χ0v) is 13.1. The van der Waals surface area contributed by atoms with Gasteiger partial charge in [0.25, 0.3) is 5.24 Å². The summed E-state index contributed by atoms with van der Waals surface area (Å²) in [5.41, 5.74) is 2.36. The third-order valence-corrected chi connectivity index (χ3v) is 4.15. The molecule has 0 amide bonds. The molecule has 2 aromatic carbocycles. The number of carbonyl (C=O) groups is 1. The van der Waals surface area contributed by atoms with Gasteiger partial charge in [-0.25, -0.2) is 0 Å². The number of hydrogen-bond donors (Lipinski definition) is 0. The van der Waals surface area contributed by atoms with Crippen LogP contribution in [0.5, 0.6) is 0 Å².